The molecule has 0 saturated carbocycles. The number of nitrogens with zero attached hydrogens (tertiary/aromatic N) is 1. The molecule has 1 heterocycles. The standard InChI is InChI=1S/C19H21Cl2N3O2/c1-26-18-9-17(22)16(21)8-15(18)19(25)23-14-6-7-24(11-14)10-12-2-4-13(20)5-3-12/h2-5,8-9,14H,6-7,10-11,22H2,1H3,(H,23,25). The van der Waals surface area contributed by atoms with E-state index in [1.807, 2.05) is 24.3 Å². The van der Waals surface area contributed by atoms with Crippen molar-refractivity contribution in [2.75, 3.05) is 25.9 Å². The van der Waals surface area contributed by atoms with E-state index in [4.69, 9.17) is 33.7 Å². The second-order valence-electron chi connectivity index (χ2n) is 6.39. The maximum Gasteiger partial charge on any atom is 0.255 e. The van der Waals surface area contributed by atoms with Crippen molar-refractivity contribution in [2.24, 2.45) is 0 Å². The van der Waals surface area contributed by atoms with Crippen LogP contribution in [0.3, 0.4) is 0 Å². The molecule has 26 heavy (non-hydrogen) atoms. The molecule has 2 aromatic rings. The van der Waals surface area contributed by atoms with Gasteiger partial charge in [0.15, 0.2) is 0 Å². The lowest BCUT2D eigenvalue weighted by Crippen LogP contribution is -2.37. The number of nitrogens with one attached hydrogen (secondary N) is 1. The van der Waals surface area contributed by atoms with Crippen molar-refractivity contribution in [2.45, 2.75) is 19.0 Å². The molecule has 1 aliphatic heterocycles. The van der Waals surface area contributed by atoms with Crippen molar-refractivity contribution in [3.05, 3.63) is 57.6 Å². The number of carbonyl (C=O) groups excluding carboxylic acids is 1. The Hall–Kier alpha value is -1.95. The third kappa shape index (κ3) is 4.41. The average Bonchev–Trinajstić information content (AvgIpc) is 3.05. The Kier molecular flexibility index (Phi) is 5.91. The minimum atomic E-state index is -0.206. The van der Waals surface area contributed by atoms with E-state index in [0.29, 0.717) is 22.0 Å². The van der Waals surface area contributed by atoms with Crippen LogP contribution >= 0.6 is 23.2 Å². The average molecular weight is 394 g/mol. The Labute approximate surface area is 163 Å². The summed E-state index contributed by atoms with van der Waals surface area (Å²) >= 11 is 12.0. The Bertz CT molecular complexity index is 796. The van der Waals surface area contributed by atoms with Crippen LogP contribution in [-0.2, 0) is 6.54 Å². The topological polar surface area (TPSA) is 67.6 Å². The number of methoxy groups -OCH3 is 1. The third-order valence-corrected chi connectivity index (χ3v) is 5.07. The summed E-state index contributed by atoms with van der Waals surface area (Å²) in [6, 6.07) is 11.0. The smallest absolute Gasteiger partial charge is 0.255 e. The Morgan fingerprint density at radius 1 is 1.31 bits per heavy atom. The quantitative estimate of drug-likeness (QED) is 0.761. The molecule has 1 fully saturated rings. The molecule has 0 bridgehead atoms. The van der Waals surface area contributed by atoms with Crippen LogP contribution in [0.15, 0.2) is 36.4 Å². The molecule has 3 rings (SSSR count). The molecule has 1 unspecified atom stereocenters. The summed E-state index contributed by atoms with van der Waals surface area (Å²) in [5, 5.41) is 4.13. The summed E-state index contributed by atoms with van der Waals surface area (Å²) in [6.45, 7) is 2.55. The Morgan fingerprint density at radius 2 is 2.04 bits per heavy atom. The van der Waals surface area contributed by atoms with E-state index in [1.54, 1.807) is 12.1 Å². The van der Waals surface area contributed by atoms with Gasteiger partial charge >= 0.3 is 0 Å². The molecular formula is C19H21Cl2N3O2. The number of amides is 1. The van der Waals surface area contributed by atoms with Crippen molar-refractivity contribution >= 4 is 34.8 Å². The molecule has 7 heteroatoms. The zero-order valence-corrected chi connectivity index (χ0v) is 16.0. The number of nitrogens with two attached hydrogens (primary N) is 1. The molecule has 1 saturated heterocycles. The van der Waals surface area contributed by atoms with Crippen molar-refractivity contribution < 1.29 is 9.53 Å². The zero-order chi connectivity index (χ0) is 18.7. The number of anilines is 1. The highest BCUT2D eigenvalue weighted by atomic mass is 35.5. The molecule has 0 spiro atoms. The molecule has 0 radical (unpaired) electrons. The number of benzene rings is 2. The summed E-state index contributed by atoms with van der Waals surface area (Å²) in [5.41, 5.74) is 7.75. The van der Waals surface area contributed by atoms with E-state index in [1.165, 1.54) is 12.7 Å². The molecular weight excluding hydrogens is 373 g/mol. The summed E-state index contributed by atoms with van der Waals surface area (Å²) in [6.07, 6.45) is 0.893. The minimum absolute atomic E-state index is 0.0795. The van der Waals surface area contributed by atoms with Gasteiger partial charge in [0.1, 0.15) is 5.75 Å². The van der Waals surface area contributed by atoms with Gasteiger partial charge in [0, 0.05) is 36.8 Å². The second kappa shape index (κ2) is 8.16. The fourth-order valence-electron chi connectivity index (χ4n) is 3.12. The first-order valence-corrected chi connectivity index (χ1v) is 9.12. The normalized spacial score (nSPS) is 17.3. The number of carbonyl (C=O) groups is 1. The fraction of sp³-hybridized carbons (Fsp3) is 0.316. The summed E-state index contributed by atoms with van der Waals surface area (Å²) < 4.78 is 5.26. The van der Waals surface area contributed by atoms with E-state index >= 15 is 0 Å². The van der Waals surface area contributed by atoms with Gasteiger partial charge in [0.25, 0.3) is 5.91 Å². The maximum atomic E-state index is 12.6. The van der Waals surface area contributed by atoms with Gasteiger partial charge in [0.05, 0.1) is 23.4 Å². The molecule has 3 N–H and O–H groups in total. The number of likely N-dealkylation sites (tertiary alicyclic amines) is 1. The number of hydrogen-bond acceptors (Lipinski definition) is 4. The lowest BCUT2D eigenvalue weighted by molar-refractivity contribution is 0.0934. The molecule has 2 aromatic carbocycles. The molecule has 5 nitrogen and oxygen atoms in total. The monoisotopic (exact) mass is 393 g/mol. The highest BCUT2D eigenvalue weighted by Crippen LogP contribution is 2.29. The van der Waals surface area contributed by atoms with Crippen LogP contribution in [0.25, 0.3) is 0 Å². The van der Waals surface area contributed by atoms with Crippen molar-refractivity contribution in [1.29, 1.82) is 0 Å². The number of halogens is 2. The van der Waals surface area contributed by atoms with Crippen molar-refractivity contribution in [1.82, 2.24) is 10.2 Å². The molecule has 1 atom stereocenters. The minimum Gasteiger partial charge on any atom is -0.496 e. The predicted molar refractivity (Wildman–Crippen MR) is 105 cm³/mol. The summed E-state index contributed by atoms with van der Waals surface area (Å²) in [5.74, 6) is 0.211. The van der Waals surface area contributed by atoms with Gasteiger partial charge in [-0.15, -0.1) is 0 Å². The van der Waals surface area contributed by atoms with Crippen molar-refractivity contribution in [3.8, 4) is 5.75 Å². The van der Waals surface area contributed by atoms with Crippen LogP contribution in [0.1, 0.15) is 22.3 Å². The van der Waals surface area contributed by atoms with E-state index in [0.717, 1.165) is 31.1 Å². The molecule has 0 aliphatic carbocycles. The number of hydrogen-bond donors (Lipinski definition) is 2. The first-order valence-electron chi connectivity index (χ1n) is 8.37. The largest absolute Gasteiger partial charge is 0.496 e. The van der Waals surface area contributed by atoms with Gasteiger partial charge in [-0.2, -0.15) is 0 Å². The maximum absolute atomic E-state index is 12.6. The van der Waals surface area contributed by atoms with Gasteiger partial charge in [-0.1, -0.05) is 35.3 Å². The van der Waals surface area contributed by atoms with Gasteiger partial charge in [0.2, 0.25) is 0 Å². The van der Waals surface area contributed by atoms with E-state index in [-0.39, 0.29) is 11.9 Å². The summed E-state index contributed by atoms with van der Waals surface area (Å²) in [7, 11) is 1.50. The van der Waals surface area contributed by atoms with E-state index in [9.17, 15) is 4.79 Å². The molecule has 1 aliphatic rings. The van der Waals surface area contributed by atoms with Gasteiger partial charge < -0.3 is 15.8 Å². The van der Waals surface area contributed by atoms with Crippen LogP contribution in [-0.4, -0.2) is 37.0 Å². The van der Waals surface area contributed by atoms with Gasteiger partial charge in [-0.05, 0) is 30.2 Å². The van der Waals surface area contributed by atoms with Gasteiger partial charge in [-0.25, -0.2) is 0 Å². The number of rotatable bonds is 5. The van der Waals surface area contributed by atoms with Crippen LogP contribution in [0, 0.1) is 0 Å². The fourth-order valence-corrected chi connectivity index (χ4v) is 3.41. The number of ether oxygens (including phenoxy) is 1. The van der Waals surface area contributed by atoms with E-state index < -0.39 is 0 Å². The third-order valence-electron chi connectivity index (χ3n) is 4.49. The van der Waals surface area contributed by atoms with E-state index in [2.05, 4.69) is 10.2 Å². The second-order valence-corrected chi connectivity index (χ2v) is 7.24. The van der Waals surface area contributed by atoms with Crippen LogP contribution in [0.5, 0.6) is 5.75 Å². The Morgan fingerprint density at radius 3 is 2.73 bits per heavy atom. The van der Waals surface area contributed by atoms with Crippen LogP contribution < -0.4 is 15.8 Å². The SMILES string of the molecule is COc1cc(N)c(Cl)cc1C(=O)NC1CCN(Cc2ccc(Cl)cc2)C1. The van der Waals surface area contributed by atoms with Crippen molar-refractivity contribution in [3.63, 3.8) is 0 Å². The first kappa shape index (κ1) is 18.8. The predicted octanol–water partition coefficient (Wildman–Crippen LogP) is 3.59. The lowest BCUT2D eigenvalue weighted by atomic mass is 10.1. The highest BCUT2D eigenvalue weighted by Gasteiger charge is 2.25. The van der Waals surface area contributed by atoms with Crippen LogP contribution in [0.2, 0.25) is 10.0 Å². The lowest BCUT2D eigenvalue weighted by Gasteiger charge is -2.18. The number of nitrogen functional groups attached to an aromatic ring is 1. The first-order chi connectivity index (χ1) is 12.5. The zero-order valence-electron chi connectivity index (χ0n) is 14.5. The Balaban J connectivity index is 1.61. The molecule has 0 aromatic heterocycles. The molecule has 138 valence electrons. The summed E-state index contributed by atoms with van der Waals surface area (Å²) in [4.78, 5) is 14.9. The van der Waals surface area contributed by atoms with Gasteiger partial charge in [-0.3, -0.25) is 9.69 Å². The van der Waals surface area contributed by atoms with Crippen LogP contribution in [0.4, 0.5) is 5.69 Å². The highest BCUT2D eigenvalue weighted by molar-refractivity contribution is 6.33. The molecule has 1 amide bonds.